The van der Waals surface area contributed by atoms with Crippen molar-refractivity contribution < 1.29 is 18.8 Å². The fraction of sp³-hybridized carbons (Fsp3) is 0.444. The Morgan fingerprint density at radius 3 is 2.64 bits per heavy atom. The number of hydrogen-bond acceptors (Lipinski definition) is 9. The maximum atomic E-state index is 11.8. The zero-order valence-corrected chi connectivity index (χ0v) is 16.0. The maximum absolute atomic E-state index is 11.8. The van der Waals surface area contributed by atoms with Gasteiger partial charge in [-0.05, 0) is 55.5 Å². The van der Waals surface area contributed by atoms with Crippen LogP contribution in [0.4, 0.5) is 10.5 Å². The van der Waals surface area contributed by atoms with E-state index < -0.39 is 11.8 Å². The highest BCUT2D eigenvalue weighted by molar-refractivity contribution is 5.85. The van der Waals surface area contributed by atoms with Gasteiger partial charge in [-0.3, -0.25) is 0 Å². The predicted molar refractivity (Wildman–Crippen MR) is 100 cm³/mol. The molecular weight excluding hydrogens is 364 g/mol. The lowest BCUT2D eigenvalue weighted by molar-refractivity contribution is -0.144. The molecule has 28 heavy (non-hydrogen) atoms. The number of rotatable bonds is 3. The lowest BCUT2D eigenvalue weighted by Gasteiger charge is -2.34. The summed E-state index contributed by atoms with van der Waals surface area (Å²) in [4.78, 5) is 19.3. The summed E-state index contributed by atoms with van der Waals surface area (Å²) in [6.45, 7) is 8.07. The number of anilines is 1. The highest BCUT2D eigenvalue weighted by atomic mass is 16.8. The number of fused-ring (bicyclic) bond motifs is 1. The lowest BCUT2D eigenvalue weighted by atomic mass is 10.2. The SMILES string of the molecule is CC(C)(C)OC(=O)ON1CCN(c2ccc3oc(-c4nnn[nH]4)cc3c2)CC1. The van der Waals surface area contributed by atoms with Crippen LogP contribution in [0.1, 0.15) is 20.8 Å². The minimum Gasteiger partial charge on any atom is -0.453 e. The summed E-state index contributed by atoms with van der Waals surface area (Å²) in [5.41, 5.74) is 1.27. The number of nitrogens with one attached hydrogen (secondary N) is 1. The summed E-state index contributed by atoms with van der Waals surface area (Å²) in [6.07, 6.45) is -0.671. The largest absolute Gasteiger partial charge is 0.528 e. The maximum Gasteiger partial charge on any atom is 0.528 e. The molecule has 0 radical (unpaired) electrons. The van der Waals surface area contributed by atoms with Crippen LogP contribution in [0.5, 0.6) is 0 Å². The van der Waals surface area contributed by atoms with Gasteiger partial charge in [0.15, 0.2) is 5.76 Å². The van der Waals surface area contributed by atoms with E-state index >= 15 is 0 Å². The molecule has 0 spiro atoms. The van der Waals surface area contributed by atoms with E-state index in [0.717, 1.165) is 29.7 Å². The molecule has 0 atom stereocenters. The molecule has 1 aliphatic heterocycles. The smallest absolute Gasteiger partial charge is 0.453 e. The van der Waals surface area contributed by atoms with Gasteiger partial charge in [0, 0.05) is 24.2 Å². The molecule has 1 N–H and O–H groups in total. The number of hydroxylamine groups is 2. The molecule has 2 aromatic heterocycles. The number of aromatic amines is 1. The van der Waals surface area contributed by atoms with Gasteiger partial charge in [0.2, 0.25) is 5.82 Å². The zero-order valence-electron chi connectivity index (χ0n) is 16.0. The van der Waals surface area contributed by atoms with Crippen LogP contribution in [0.15, 0.2) is 28.7 Å². The Balaban J connectivity index is 1.39. The third-order valence-electron chi connectivity index (χ3n) is 4.28. The van der Waals surface area contributed by atoms with Crippen LogP contribution in [0.3, 0.4) is 0 Å². The van der Waals surface area contributed by atoms with E-state index in [2.05, 4.69) is 31.6 Å². The number of furan rings is 1. The second kappa shape index (κ2) is 7.12. The van der Waals surface area contributed by atoms with Crippen molar-refractivity contribution in [1.82, 2.24) is 25.7 Å². The molecule has 10 nitrogen and oxygen atoms in total. The quantitative estimate of drug-likeness (QED) is 0.679. The van der Waals surface area contributed by atoms with Gasteiger partial charge < -0.3 is 18.9 Å². The third kappa shape index (κ3) is 4.06. The van der Waals surface area contributed by atoms with Gasteiger partial charge in [0.25, 0.3) is 0 Å². The van der Waals surface area contributed by atoms with E-state index in [1.165, 1.54) is 0 Å². The fourth-order valence-corrected chi connectivity index (χ4v) is 3.02. The first kappa shape index (κ1) is 18.2. The van der Waals surface area contributed by atoms with Gasteiger partial charge in [-0.15, -0.1) is 10.2 Å². The van der Waals surface area contributed by atoms with Crippen molar-refractivity contribution in [3.05, 3.63) is 24.3 Å². The number of piperazine rings is 1. The van der Waals surface area contributed by atoms with Gasteiger partial charge in [-0.1, -0.05) is 0 Å². The monoisotopic (exact) mass is 386 g/mol. The van der Waals surface area contributed by atoms with Gasteiger partial charge in [0.05, 0.1) is 13.1 Å². The van der Waals surface area contributed by atoms with Gasteiger partial charge >= 0.3 is 6.16 Å². The number of hydrogen-bond donors (Lipinski definition) is 1. The Labute approximate surface area is 161 Å². The molecule has 3 aromatic rings. The Morgan fingerprint density at radius 2 is 1.96 bits per heavy atom. The Kier molecular flexibility index (Phi) is 4.63. The molecule has 0 unspecified atom stereocenters. The number of benzene rings is 1. The van der Waals surface area contributed by atoms with Crippen LogP contribution in [0, 0.1) is 0 Å². The topological polar surface area (TPSA) is 110 Å². The lowest BCUT2D eigenvalue weighted by Crippen LogP contribution is -2.47. The number of ether oxygens (including phenoxy) is 1. The van der Waals surface area contributed by atoms with E-state index in [-0.39, 0.29) is 0 Å². The van der Waals surface area contributed by atoms with E-state index in [0.29, 0.717) is 24.7 Å². The number of tetrazole rings is 1. The summed E-state index contributed by atoms with van der Waals surface area (Å²) < 4.78 is 11.0. The summed E-state index contributed by atoms with van der Waals surface area (Å²) >= 11 is 0. The molecule has 1 fully saturated rings. The van der Waals surface area contributed by atoms with Crippen LogP contribution < -0.4 is 4.90 Å². The van der Waals surface area contributed by atoms with Crippen molar-refractivity contribution in [2.45, 2.75) is 26.4 Å². The minimum atomic E-state index is -0.671. The molecule has 1 aromatic carbocycles. The number of nitrogens with zero attached hydrogens (tertiary/aromatic N) is 5. The summed E-state index contributed by atoms with van der Waals surface area (Å²) in [5, 5.41) is 16.3. The van der Waals surface area contributed by atoms with Crippen LogP contribution in [-0.4, -0.2) is 63.6 Å². The summed E-state index contributed by atoms with van der Waals surface area (Å²) in [7, 11) is 0. The van der Waals surface area contributed by atoms with E-state index in [1.807, 2.05) is 39.0 Å². The van der Waals surface area contributed by atoms with Crippen molar-refractivity contribution in [3.8, 4) is 11.6 Å². The first-order chi connectivity index (χ1) is 13.4. The third-order valence-corrected chi connectivity index (χ3v) is 4.28. The van der Waals surface area contributed by atoms with E-state index in [4.69, 9.17) is 14.0 Å². The van der Waals surface area contributed by atoms with Crippen molar-refractivity contribution in [3.63, 3.8) is 0 Å². The highest BCUT2D eigenvalue weighted by Gasteiger charge is 2.24. The fourth-order valence-electron chi connectivity index (χ4n) is 3.02. The molecule has 0 saturated carbocycles. The van der Waals surface area contributed by atoms with Crippen LogP contribution in [-0.2, 0) is 9.57 Å². The Morgan fingerprint density at radius 1 is 1.18 bits per heavy atom. The van der Waals surface area contributed by atoms with Crippen molar-refractivity contribution >= 4 is 22.8 Å². The first-order valence-electron chi connectivity index (χ1n) is 9.06. The molecule has 4 rings (SSSR count). The van der Waals surface area contributed by atoms with Crippen molar-refractivity contribution in [2.75, 3.05) is 31.1 Å². The van der Waals surface area contributed by atoms with Crippen LogP contribution in [0.2, 0.25) is 0 Å². The standard InChI is InChI=1S/C18H22N6O4/c1-18(2,3)27-17(25)28-24-8-6-23(7-9-24)13-4-5-14-12(10-13)11-15(26-14)16-19-21-22-20-16/h4-5,10-11H,6-9H2,1-3H3,(H,19,20,21,22). The molecular formula is C18H22N6O4. The molecule has 10 heteroatoms. The summed E-state index contributed by atoms with van der Waals surface area (Å²) in [5.74, 6) is 1.08. The van der Waals surface area contributed by atoms with Gasteiger partial charge in [-0.2, -0.15) is 0 Å². The number of carbonyl (C=O) groups excluding carboxylic acids is 1. The highest BCUT2D eigenvalue weighted by Crippen LogP contribution is 2.29. The zero-order chi connectivity index (χ0) is 19.7. The molecule has 0 bridgehead atoms. The first-order valence-corrected chi connectivity index (χ1v) is 9.06. The van der Waals surface area contributed by atoms with Crippen LogP contribution in [0.25, 0.3) is 22.6 Å². The number of aromatic nitrogens is 4. The van der Waals surface area contributed by atoms with Crippen LogP contribution >= 0.6 is 0 Å². The van der Waals surface area contributed by atoms with E-state index in [9.17, 15) is 4.79 Å². The molecule has 148 valence electrons. The van der Waals surface area contributed by atoms with Crippen molar-refractivity contribution in [2.24, 2.45) is 0 Å². The average molecular weight is 386 g/mol. The molecule has 0 amide bonds. The Bertz CT molecular complexity index is 954. The molecule has 0 aliphatic carbocycles. The van der Waals surface area contributed by atoms with Gasteiger partial charge in [-0.25, -0.2) is 9.89 Å². The average Bonchev–Trinajstić information content (AvgIpc) is 3.29. The second-order valence-corrected chi connectivity index (χ2v) is 7.55. The number of carbonyl (C=O) groups is 1. The Hall–Kier alpha value is -3.14. The van der Waals surface area contributed by atoms with Gasteiger partial charge in [0.1, 0.15) is 11.2 Å². The molecule has 1 aliphatic rings. The summed E-state index contributed by atoms with van der Waals surface area (Å²) in [6, 6.07) is 7.92. The number of H-pyrrole nitrogens is 1. The minimum absolute atomic E-state index is 0.491. The van der Waals surface area contributed by atoms with E-state index in [1.54, 1.807) is 5.06 Å². The molecule has 1 saturated heterocycles. The normalized spacial score (nSPS) is 15.8. The van der Waals surface area contributed by atoms with Crippen molar-refractivity contribution in [1.29, 1.82) is 0 Å². The second-order valence-electron chi connectivity index (χ2n) is 7.55. The predicted octanol–water partition coefficient (Wildman–Crippen LogP) is 2.60. The molecule has 3 heterocycles.